The monoisotopic (exact) mass is 440 g/mol. The third kappa shape index (κ3) is 5.71. The zero-order valence-electron chi connectivity index (χ0n) is 17.2. The van der Waals surface area contributed by atoms with Crippen molar-refractivity contribution in [1.82, 2.24) is 30.8 Å². The number of piperidine rings is 1. The van der Waals surface area contributed by atoms with Crippen LogP contribution in [0.3, 0.4) is 0 Å². The van der Waals surface area contributed by atoms with E-state index < -0.39 is 0 Å². The summed E-state index contributed by atoms with van der Waals surface area (Å²) in [5.74, 6) is 1.14. The van der Waals surface area contributed by atoms with Crippen LogP contribution in [0.4, 0.5) is 23.1 Å². The molecule has 1 aromatic carbocycles. The van der Waals surface area contributed by atoms with Gasteiger partial charge in [0.15, 0.2) is 23.1 Å². The van der Waals surface area contributed by atoms with Gasteiger partial charge < -0.3 is 21.3 Å². The Hall–Kier alpha value is -3.17. The number of aromatic nitrogens is 4. The Morgan fingerprint density at radius 2 is 2.03 bits per heavy atom. The molecule has 1 atom stereocenters. The van der Waals surface area contributed by atoms with Crippen LogP contribution in [0.25, 0.3) is 0 Å². The van der Waals surface area contributed by atoms with Crippen LogP contribution in [-0.4, -0.2) is 45.2 Å². The normalized spacial score (nSPS) is 16.0. The number of aryl methyl sites for hydroxylation is 1. The Morgan fingerprint density at radius 1 is 1.19 bits per heavy atom. The minimum atomic E-state index is -0.279. The fraction of sp³-hybridized carbons (Fsp3) is 0.333. The number of halogens is 1. The summed E-state index contributed by atoms with van der Waals surface area (Å²) in [6.07, 6.45) is 4.91. The van der Waals surface area contributed by atoms with Crippen molar-refractivity contribution in [3.63, 3.8) is 0 Å². The van der Waals surface area contributed by atoms with Gasteiger partial charge in [0, 0.05) is 35.1 Å². The summed E-state index contributed by atoms with van der Waals surface area (Å²) in [7, 11) is 0. The van der Waals surface area contributed by atoms with Crippen LogP contribution >= 0.6 is 11.6 Å². The van der Waals surface area contributed by atoms with Crippen molar-refractivity contribution in [2.24, 2.45) is 0 Å². The summed E-state index contributed by atoms with van der Waals surface area (Å²) in [6.45, 7) is 3.44. The number of rotatable bonds is 7. The van der Waals surface area contributed by atoms with E-state index in [4.69, 9.17) is 11.6 Å². The van der Waals surface area contributed by atoms with Crippen molar-refractivity contribution in [2.45, 2.75) is 32.2 Å². The number of nitrogens with one attached hydrogen (secondary N) is 5. The third-order valence-corrected chi connectivity index (χ3v) is 5.23. The Kier molecular flexibility index (Phi) is 6.63. The molecule has 9 nitrogen and oxygen atoms in total. The number of anilines is 4. The topological polar surface area (TPSA) is 120 Å². The van der Waals surface area contributed by atoms with E-state index in [1.165, 1.54) is 19.0 Å². The molecule has 162 valence electrons. The first-order chi connectivity index (χ1) is 15.1. The van der Waals surface area contributed by atoms with Crippen LogP contribution < -0.4 is 21.3 Å². The number of hydrogen-bond acceptors (Lipinski definition) is 7. The van der Waals surface area contributed by atoms with E-state index in [1.807, 2.05) is 25.1 Å². The lowest BCUT2D eigenvalue weighted by atomic mass is 10.1. The molecule has 0 bridgehead atoms. The largest absolute Gasteiger partial charge is 0.349 e. The molecule has 1 aliphatic rings. The molecule has 0 aliphatic carbocycles. The molecule has 2 aromatic heterocycles. The number of carbonyl (C=O) groups excluding carboxylic acids is 1. The standard InChI is InChI=1S/C21H25ClN8O/c1-13-10-17(30-29-13)27-18-12-24-19(21(31)25-11-16-4-2-3-9-23-16)20(28-18)26-15-7-5-14(22)6-8-15/h5-8,10,12,16,23H,2-4,9,11H2,1H3,(H,25,31)(H3,26,27,28,29,30). The quantitative estimate of drug-likeness (QED) is 0.381. The number of carbonyl (C=O) groups is 1. The molecule has 0 spiro atoms. The SMILES string of the molecule is Cc1cc(Nc2cnc(C(=O)NCC3CCCCN3)c(Nc3ccc(Cl)cc3)n2)n[nH]1. The predicted molar refractivity (Wildman–Crippen MR) is 121 cm³/mol. The maximum Gasteiger partial charge on any atom is 0.273 e. The highest BCUT2D eigenvalue weighted by Gasteiger charge is 2.19. The molecule has 0 radical (unpaired) electrons. The van der Waals surface area contributed by atoms with Gasteiger partial charge in [-0.2, -0.15) is 5.10 Å². The van der Waals surface area contributed by atoms with Gasteiger partial charge in [-0.25, -0.2) is 9.97 Å². The lowest BCUT2D eigenvalue weighted by molar-refractivity contribution is 0.0943. The Balaban J connectivity index is 1.54. The summed E-state index contributed by atoms with van der Waals surface area (Å²) < 4.78 is 0. The molecule has 1 saturated heterocycles. The van der Waals surface area contributed by atoms with E-state index >= 15 is 0 Å². The molecular weight excluding hydrogens is 416 g/mol. The molecule has 1 fully saturated rings. The summed E-state index contributed by atoms with van der Waals surface area (Å²) >= 11 is 5.98. The van der Waals surface area contributed by atoms with Gasteiger partial charge in [-0.15, -0.1) is 0 Å². The van der Waals surface area contributed by atoms with Gasteiger partial charge in [-0.3, -0.25) is 9.89 Å². The molecule has 1 aliphatic heterocycles. The molecule has 10 heteroatoms. The molecule has 0 saturated carbocycles. The fourth-order valence-corrected chi connectivity index (χ4v) is 3.51. The molecule has 1 unspecified atom stereocenters. The zero-order chi connectivity index (χ0) is 21.6. The van der Waals surface area contributed by atoms with E-state index in [0.717, 1.165) is 24.3 Å². The van der Waals surface area contributed by atoms with Gasteiger partial charge >= 0.3 is 0 Å². The molecular formula is C21H25ClN8O. The predicted octanol–water partition coefficient (Wildman–Crippen LogP) is 3.52. The molecule has 5 N–H and O–H groups in total. The lowest BCUT2D eigenvalue weighted by Crippen LogP contribution is -2.43. The Morgan fingerprint density at radius 3 is 2.74 bits per heavy atom. The number of amides is 1. The second kappa shape index (κ2) is 9.76. The molecule has 1 amide bonds. The van der Waals surface area contributed by atoms with Gasteiger partial charge in [0.2, 0.25) is 0 Å². The molecule has 3 heterocycles. The lowest BCUT2D eigenvalue weighted by Gasteiger charge is -2.23. The highest BCUT2D eigenvalue weighted by molar-refractivity contribution is 6.30. The maximum atomic E-state index is 12.9. The highest BCUT2D eigenvalue weighted by Crippen LogP contribution is 2.22. The van der Waals surface area contributed by atoms with Crippen molar-refractivity contribution >= 4 is 40.6 Å². The van der Waals surface area contributed by atoms with Crippen LogP contribution in [0.2, 0.25) is 5.02 Å². The Bertz CT molecular complexity index is 1030. The second-order valence-corrected chi connectivity index (χ2v) is 7.94. The summed E-state index contributed by atoms with van der Waals surface area (Å²) in [4.78, 5) is 21.8. The minimum absolute atomic E-state index is 0.217. The van der Waals surface area contributed by atoms with Crippen LogP contribution in [0, 0.1) is 6.92 Å². The van der Waals surface area contributed by atoms with Crippen LogP contribution in [0.5, 0.6) is 0 Å². The van der Waals surface area contributed by atoms with Crippen molar-refractivity contribution < 1.29 is 4.79 Å². The highest BCUT2D eigenvalue weighted by atomic mass is 35.5. The van der Waals surface area contributed by atoms with Gasteiger partial charge in [0.1, 0.15) is 0 Å². The van der Waals surface area contributed by atoms with Crippen LogP contribution in [-0.2, 0) is 0 Å². The molecule has 31 heavy (non-hydrogen) atoms. The van der Waals surface area contributed by atoms with Gasteiger partial charge in [0.05, 0.1) is 6.20 Å². The average Bonchev–Trinajstić information content (AvgIpc) is 3.19. The molecule has 3 aromatic rings. The average molecular weight is 441 g/mol. The van der Waals surface area contributed by atoms with Crippen LogP contribution in [0.15, 0.2) is 36.5 Å². The molecule has 4 rings (SSSR count). The van der Waals surface area contributed by atoms with Gasteiger partial charge in [0.25, 0.3) is 5.91 Å². The summed E-state index contributed by atoms with van der Waals surface area (Å²) in [5, 5.41) is 20.3. The third-order valence-electron chi connectivity index (χ3n) is 4.98. The first-order valence-corrected chi connectivity index (χ1v) is 10.6. The van der Waals surface area contributed by atoms with E-state index in [-0.39, 0.29) is 17.6 Å². The first-order valence-electron chi connectivity index (χ1n) is 10.3. The number of hydrogen-bond donors (Lipinski definition) is 5. The van der Waals surface area contributed by atoms with Gasteiger partial charge in [-0.05, 0) is 50.6 Å². The second-order valence-electron chi connectivity index (χ2n) is 7.50. The number of H-pyrrole nitrogens is 1. The number of aromatic amines is 1. The minimum Gasteiger partial charge on any atom is -0.349 e. The number of nitrogens with zero attached hydrogens (tertiary/aromatic N) is 3. The summed E-state index contributed by atoms with van der Waals surface area (Å²) in [5.41, 5.74) is 1.88. The van der Waals surface area contributed by atoms with Crippen LogP contribution in [0.1, 0.15) is 35.4 Å². The van der Waals surface area contributed by atoms with E-state index in [2.05, 4.69) is 41.4 Å². The van der Waals surface area contributed by atoms with E-state index in [1.54, 1.807) is 12.1 Å². The van der Waals surface area contributed by atoms with E-state index in [0.29, 0.717) is 29.0 Å². The Labute approximate surface area is 185 Å². The maximum absolute atomic E-state index is 12.9. The smallest absolute Gasteiger partial charge is 0.273 e. The first kappa shape index (κ1) is 21.1. The van der Waals surface area contributed by atoms with Gasteiger partial charge in [-0.1, -0.05) is 18.0 Å². The fourth-order valence-electron chi connectivity index (χ4n) is 3.38. The van der Waals surface area contributed by atoms with Crippen molar-refractivity contribution in [2.75, 3.05) is 23.7 Å². The number of benzene rings is 1. The zero-order valence-corrected chi connectivity index (χ0v) is 18.0. The summed E-state index contributed by atoms with van der Waals surface area (Å²) in [6, 6.07) is 9.29. The van der Waals surface area contributed by atoms with Crippen molar-refractivity contribution in [3.05, 3.63) is 52.9 Å². The van der Waals surface area contributed by atoms with Crippen molar-refractivity contribution in [3.8, 4) is 0 Å². The van der Waals surface area contributed by atoms with Crippen molar-refractivity contribution in [1.29, 1.82) is 0 Å². The van der Waals surface area contributed by atoms with E-state index in [9.17, 15) is 4.79 Å².